The van der Waals surface area contributed by atoms with Crippen LogP contribution in [0, 0.1) is 15.5 Å². The van der Waals surface area contributed by atoms with Gasteiger partial charge in [0, 0.05) is 36.9 Å². The smallest absolute Gasteiger partial charge is 0.283 e. The predicted octanol–water partition coefficient (Wildman–Crippen LogP) is 1.33. The molecule has 1 aromatic heterocycles. The van der Waals surface area contributed by atoms with E-state index in [1.54, 1.807) is 29.2 Å². The minimum absolute atomic E-state index is 0.0232. The fourth-order valence-electron chi connectivity index (χ4n) is 3.90. The van der Waals surface area contributed by atoms with Gasteiger partial charge in [-0.3, -0.25) is 30.2 Å². The number of non-ortho nitro benzene ring substituents is 1. The van der Waals surface area contributed by atoms with Crippen LogP contribution in [-0.2, 0) is 4.79 Å². The summed E-state index contributed by atoms with van der Waals surface area (Å²) in [7, 11) is 0. The van der Waals surface area contributed by atoms with Crippen LogP contribution < -0.4 is 20.9 Å². The summed E-state index contributed by atoms with van der Waals surface area (Å²) in [6, 6.07) is 9.22. The van der Waals surface area contributed by atoms with Gasteiger partial charge in [0.15, 0.2) is 5.49 Å². The molecule has 0 unspecified atom stereocenters. The molecule has 4 heterocycles. The number of H-pyrrole nitrogens is 1. The molecule has 1 saturated heterocycles. The Kier molecular flexibility index (Phi) is 5.87. The number of rotatable bonds is 4. The Hall–Kier alpha value is -4.32. The number of nitrogens with zero attached hydrogens (tertiary/aromatic N) is 4. The lowest BCUT2D eigenvalue weighted by atomic mass is 10.1. The number of carbonyl (C=O) groups is 1. The second-order valence-corrected chi connectivity index (χ2v) is 9.07. The monoisotopic (exact) mass is 492 g/mol. The number of carbonyl (C=O) groups excluding carboxylic acids is 1. The number of fused-ring (bicyclic) bond motifs is 1. The molecule has 1 fully saturated rings. The van der Waals surface area contributed by atoms with Crippen molar-refractivity contribution in [1.29, 1.82) is 5.41 Å². The topological polar surface area (TPSA) is 151 Å². The number of hydrogen-bond donors (Lipinski definition) is 2. The number of furan rings is 1. The van der Waals surface area contributed by atoms with Gasteiger partial charge in [-0.15, -0.1) is 0 Å². The molecule has 2 N–H and O–H groups in total. The fraction of sp³-hybridized carbons (Fsp3) is 0.217. The molecule has 0 aliphatic carbocycles. The first kappa shape index (κ1) is 22.5. The summed E-state index contributed by atoms with van der Waals surface area (Å²) in [6.45, 7) is 1.45. The molecule has 3 aliphatic rings. The molecule has 5 rings (SSSR count). The number of aromatic amines is 1. The molecule has 1 aromatic carbocycles. The third kappa shape index (κ3) is 4.55. The van der Waals surface area contributed by atoms with Gasteiger partial charge in [0.25, 0.3) is 11.2 Å². The maximum absolute atomic E-state index is 12.6. The van der Waals surface area contributed by atoms with Crippen LogP contribution in [0.25, 0.3) is 28.6 Å². The molecule has 0 bridgehead atoms. The number of aromatic nitrogens is 3. The summed E-state index contributed by atoms with van der Waals surface area (Å²) < 4.78 is 7.62. The normalized spacial score (nSPS) is 15.1. The van der Waals surface area contributed by atoms with Crippen molar-refractivity contribution in [3.8, 4) is 16.5 Å². The van der Waals surface area contributed by atoms with Gasteiger partial charge in [-0.05, 0) is 49.6 Å². The Morgan fingerprint density at radius 3 is 2.63 bits per heavy atom. The van der Waals surface area contributed by atoms with Gasteiger partial charge in [-0.1, -0.05) is 11.3 Å². The number of piperidine rings is 1. The van der Waals surface area contributed by atoms with Crippen LogP contribution in [0.3, 0.4) is 0 Å². The maximum atomic E-state index is 12.6. The van der Waals surface area contributed by atoms with Crippen molar-refractivity contribution < 1.29 is 14.1 Å². The van der Waals surface area contributed by atoms with Gasteiger partial charge in [0.05, 0.1) is 10.1 Å². The van der Waals surface area contributed by atoms with E-state index >= 15 is 0 Å². The van der Waals surface area contributed by atoms with E-state index < -0.39 is 10.5 Å². The quantitative estimate of drug-likeness (QED) is 0.324. The molecule has 1 amide bonds. The van der Waals surface area contributed by atoms with Gasteiger partial charge in [0.1, 0.15) is 16.2 Å². The van der Waals surface area contributed by atoms with Crippen molar-refractivity contribution in [2.45, 2.75) is 19.3 Å². The van der Waals surface area contributed by atoms with E-state index in [-0.39, 0.29) is 27.4 Å². The van der Waals surface area contributed by atoms with Gasteiger partial charge in [-0.2, -0.15) is 4.98 Å². The first-order chi connectivity index (χ1) is 16.9. The van der Waals surface area contributed by atoms with E-state index in [0.29, 0.717) is 21.7 Å². The lowest BCUT2D eigenvalue weighted by Gasteiger charge is -2.25. The third-order valence-electron chi connectivity index (χ3n) is 5.72. The highest BCUT2D eigenvalue weighted by atomic mass is 32.1. The van der Waals surface area contributed by atoms with Crippen LogP contribution in [0.15, 0.2) is 45.6 Å². The number of nitrogens with one attached hydrogen (secondary N) is 2. The molecule has 0 radical (unpaired) electrons. The number of nitro benzene ring substituents is 1. The molecule has 0 atom stereocenters. The lowest BCUT2D eigenvalue weighted by Crippen LogP contribution is -2.47. The zero-order valence-corrected chi connectivity index (χ0v) is 19.2. The van der Waals surface area contributed by atoms with E-state index in [4.69, 9.17) is 9.83 Å². The summed E-state index contributed by atoms with van der Waals surface area (Å²) in [5, 5.41) is 22.6. The summed E-state index contributed by atoms with van der Waals surface area (Å²) in [4.78, 5) is 41.4. The van der Waals surface area contributed by atoms with E-state index in [9.17, 15) is 19.7 Å². The number of benzene rings is 1. The van der Waals surface area contributed by atoms with Crippen LogP contribution in [0.2, 0.25) is 0 Å². The van der Waals surface area contributed by atoms with Crippen LogP contribution in [-0.4, -0.2) is 43.6 Å². The second-order valence-electron chi connectivity index (χ2n) is 8.06. The summed E-state index contributed by atoms with van der Waals surface area (Å²) in [5.41, 5.74) is -0.0991. The highest BCUT2D eigenvalue weighted by Gasteiger charge is 2.16. The molecule has 11 nitrogen and oxygen atoms in total. The van der Waals surface area contributed by atoms with E-state index in [2.05, 4.69) is 10.1 Å². The van der Waals surface area contributed by atoms with Crippen LogP contribution in [0.4, 0.5) is 5.69 Å². The standard InChI is InChI=1S/C23H20N6O5S/c24-21-17(12-16-8-9-18(34-16)14-4-6-15(7-5-14)29(32)33)22(31)25-23-28(21)26-19(35-23)13-20(30)27-10-2-1-3-11-27/h4-9,12-13,24,26H,1-3,10-11H2/b17-12-,19-13+,24-21?. The number of amides is 1. The number of nitro groups is 1. The van der Waals surface area contributed by atoms with Crippen molar-refractivity contribution >= 4 is 35.1 Å². The number of likely N-dealkylation sites (tertiary alicyclic amines) is 1. The second kappa shape index (κ2) is 9.14. The van der Waals surface area contributed by atoms with Crippen molar-refractivity contribution in [2.24, 2.45) is 0 Å². The summed E-state index contributed by atoms with van der Waals surface area (Å²) in [5.74, 6) is 0.679. The molecular formula is C23H20N6O5S. The van der Waals surface area contributed by atoms with Gasteiger partial charge in [-0.25, -0.2) is 4.68 Å². The number of hydrogen-bond acceptors (Lipinski definition) is 8. The minimum atomic E-state index is -0.590. The molecule has 178 valence electrons. The predicted molar refractivity (Wildman–Crippen MR) is 128 cm³/mol. The first-order valence-electron chi connectivity index (χ1n) is 10.9. The summed E-state index contributed by atoms with van der Waals surface area (Å²) >= 11 is 1.13. The van der Waals surface area contributed by atoms with Crippen LogP contribution in [0.1, 0.15) is 25.0 Å². The molecular weight excluding hydrogens is 472 g/mol. The van der Waals surface area contributed by atoms with Crippen molar-refractivity contribution in [3.05, 3.63) is 78.0 Å². The third-order valence-corrected chi connectivity index (χ3v) is 6.60. The van der Waals surface area contributed by atoms with E-state index in [1.165, 1.54) is 29.0 Å². The van der Waals surface area contributed by atoms with E-state index in [0.717, 1.165) is 43.7 Å². The van der Waals surface area contributed by atoms with Crippen molar-refractivity contribution in [3.63, 3.8) is 0 Å². The van der Waals surface area contributed by atoms with Crippen molar-refractivity contribution in [2.75, 3.05) is 13.1 Å². The molecule has 2 aromatic rings. The lowest BCUT2D eigenvalue weighted by molar-refractivity contribution is -0.384. The van der Waals surface area contributed by atoms with Crippen LogP contribution in [0.5, 0.6) is 0 Å². The Morgan fingerprint density at radius 2 is 1.91 bits per heavy atom. The maximum Gasteiger partial charge on any atom is 0.283 e. The average Bonchev–Trinajstić information content (AvgIpc) is 3.49. The minimum Gasteiger partial charge on any atom is -0.457 e. The van der Waals surface area contributed by atoms with Gasteiger partial charge >= 0.3 is 0 Å². The van der Waals surface area contributed by atoms with E-state index in [1.807, 2.05) is 0 Å². The van der Waals surface area contributed by atoms with Gasteiger partial charge in [0.2, 0.25) is 11.0 Å². The van der Waals surface area contributed by atoms with Gasteiger partial charge < -0.3 is 9.32 Å². The Bertz CT molecular complexity index is 1620. The first-order valence-corrected chi connectivity index (χ1v) is 11.7. The molecule has 3 aliphatic heterocycles. The molecule has 0 spiro atoms. The zero-order chi connectivity index (χ0) is 24.5. The molecule has 12 heteroatoms. The summed E-state index contributed by atoms with van der Waals surface area (Å²) in [6.07, 6.45) is 5.99. The highest BCUT2D eigenvalue weighted by molar-refractivity contribution is 7.11. The Balaban J connectivity index is 1.49. The Morgan fingerprint density at radius 1 is 1.17 bits per heavy atom. The zero-order valence-electron chi connectivity index (χ0n) is 18.4. The Labute approximate surface area is 201 Å². The van der Waals surface area contributed by atoms with Crippen molar-refractivity contribution in [1.82, 2.24) is 19.7 Å². The fourth-order valence-corrected chi connectivity index (χ4v) is 4.75. The van der Waals surface area contributed by atoms with Crippen LogP contribution >= 0.6 is 11.3 Å². The largest absolute Gasteiger partial charge is 0.457 e. The average molecular weight is 493 g/mol. The SMILES string of the molecule is N=c1/c(=C/c2ccc(-c3ccc([N+](=O)[O-])cc3)o2)c(=O)nc2s/c(=C/C(=O)N3CCCCC3)[nH]n1-2. The highest BCUT2D eigenvalue weighted by Crippen LogP contribution is 2.24. The molecule has 35 heavy (non-hydrogen) atoms. The molecule has 0 saturated carbocycles.